The van der Waals surface area contributed by atoms with Crippen molar-refractivity contribution in [1.82, 2.24) is 4.98 Å². The van der Waals surface area contributed by atoms with Crippen molar-refractivity contribution in [1.29, 1.82) is 0 Å². The molecule has 1 aliphatic rings. The molecule has 1 N–H and O–H groups in total. The third-order valence-corrected chi connectivity index (χ3v) is 3.95. The zero-order valence-electron chi connectivity index (χ0n) is 11.1. The van der Waals surface area contributed by atoms with E-state index in [0.717, 1.165) is 0 Å². The van der Waals surface area contributed by atoms with E-state index < -0.39 is 17.9 Å². The third-order valence-electron chi connectivity index (χ3n) is 2.96. The number of esters is 1. The molecule has 0 saturated carbocycles. The topological polar surface area (TPSA) is 96.8 Å². The number of hydrogen-bond donors (Lipinski definition) is 1. The summed E-state index contributed by atoms with van der Waals surface area (Å²) in [6, 6.07) is 0. The zero-order chi connectivity index (χ0) is 14.9. The first-order valence-corrected chi connectivity index (χ1v) is 6.93. The molecule has 8 heteroatoms. The second-order valence-electron chi connectivity index (χ2n) is 4.37. The van der Waals surface area contributed by atoms with Gasteiger partial charge in [0.2, 0.25) is 5.91 Å². The van der Waals surface area contributed by atoms with E-state index in [1.807, 2.05) is 0 Å². The molecule has 20 heavy (non-hydrogen) atoms. The van der Waals surface area contributed by atoms with Crippen LogP contribution in [-0.4, -0.2) is 41.1 Å². The molecule has 2 heterocycles. The number of thiazole rings is 1. The van der Waals surface area contributed by atoms with E-state index in [4.69, 9.17) is 9.84 Å². The highest BCUT2D eigenvalue weighted by molar-refractivity contribution is 7.16. The molecule has 7 nitrogen and oxygen atoms in total. The maximum Gasteiger partial charge on any atom is 0.358 e. The van der Waals surface area contributed by atoms with Crippen molar-refractivity contribution in [3.05, 3.63) is 10.6 Å². The van der Waals surface area contributed by atoms with Gasteiger partial charge in [-0.3, -0.25) is 14.5 Å². The Hall–Kier alpha value is -1.96. The number of carbonyl (C=O) groups is 3. The van der Waals surface area contributed by atoms with Crippen molar-refractivity contribution in [3.63, 3.8) is 0 Å². The average molecular weight is 298 g/mol. The second kappa shape index (κ2) is 5.58. The van der Waals surface area contributed by atoms with Gasteiger partial charge in [0.05, 0.1) is 12.5 Å². The van der Waals surface area contributed by atoms with Crippen LogP contribution in [-0.2, 0) is 14.3 Å². The van der Waals surface area contributed by atoms with Crippen LogP contribution in [0.4, 0.5) is 5.13 Å². The quantitative estimate of drug-likeness (QED) is 0.835. The van der Waals surface area contributed by atoms with Crippen molar-refractivity contribution in [2.45, 2.75) is 20.3 Å². The zero-order valence-corrected chi connectivity index (χ0v) is 11.9. The molecule has 1 aromatic heterocycles. The number of carboxylic acid groups (broad SMARTS) is 1. The van der Waals surface area contributed by atoms with Crippen molar-refractivity contribution >= 4 is 34.3 Å². The molecule has 1 atom stereocenters. The largest absolute Gasteiger partial charge is 0.481 e. The Balaban J connectivity index is 2.22. The highest BCUT2D eigenvalue weighted by atomic mass is 32.1. The van der Waals surface area contributed by atoms with E-state index in [2.05, 4.69) is 4.98 Å². The number of aryl methyl sites for hydroxylation is 1. The Labute approximate surface area is 119 Å². The van der Waals surface area contributed by atoms with Crippen molar-refractivity contribution in [2.75, 3.05) is 18.1 Å². The Morgan fingerprint density at radius 2 is 2.25 bits per heavy atom. The monoisotopic (exact) mass is 298 g/mol. The van der Waals surface area contributed by atoms with Crippen molar-refractivity contribution in [2.24, 2.45) is 5.92 Å². The van der Waals surface area contributed by atoms with Crippen molar-refractivity contribution in [3.8, 4) is 0 Å². The molecule has 0 radical (unpaired) electrons. The van der Waals surface area contributed by atoms with Gasteiger partial charge in [-0.15, -0.1) is 11.3 Å². The number of rotatable bonds is 4. The van der Waals surface area contributed by atoms with Crippen LogP contribution in [0.15, 0.2) is 0 Å². The summed E-state index contributed by atoms with van der Waals surface area (Å²) in [5, 5.41) is 9.29. The van der Waals surface area contributed by atoms with Gasteiger partial charge < -0.3 is 9.84 Å². The minimum atomic E-state index is -1.00. The summed E-state index contributed by atoms with van der Waals surface area (Å²) in [7, 11) is 0. The van der Waals surface area contributed by atoms with E-state index in [0.29, 0.717) is 10.0 Å². The molecule has 0 spiro atoms. The number of carbonyl (C=O) groups excluding carboxylic acids is 2. The third kappa shape index (κ3) is 2.64. The summed E-state index contributed by atoms with van der Waals surface area (Å²) < 4.78 is 4.88. The van der Waals surface area contributed by atoms with Crippen LogP contribution in [0.5, 0.6) is 0 Å². The summed E-state index contributed by atoms with van der Waals surface area (Å²) >= 11 is 1.18. The fourth-order valence-corrected chi connectivity index (χ4v) is 2.87. The van der Waals surface area contributed by atoms with Crippen LogP contribution in [0.3, 0.4) is 0 Å². The molecule has 2 rings (SSSR count). The lowest BCUT2D eigenvalue weighted by Crippen LogP contribution is -2.25. The lowest BCUT2D eigenvalue weighted by molar-refractivity contribution is -0.141. The maximum absolute atomic E-state index is 11.8. The van der Waals surface area contributed by atoms with Gasteiger partial charge in [-0.25, -0.2) is 9.78 Å². The van der Waals surface area contributed by atoms with E-state index in [-0.39, 0.29) is 31.2 Å². The molecule has 0 aromatic carbocycles. The molecule has 1 fully saturated rings. The summed E-state index contributed by atoms with van der Waals surface area (Å²) in [5.41, 5.74) is 0.179. The Morgan fingerprint density at radius 1 is 1.55 bits per heavy atom. The SMILES string of the molecule is CCOC(=O)c1nc(N2CC(C(=O)O)CC2=O)sc1C. The molecule has 0 bridgehead atoms. The van der Waals surface area contributed by atoms with Gasteiger partial charge in [0.1, 0.15) is 0 Å². The smallest absolute Gasteiger partial charge is 0.358 e. The number of amides is 1. The predicted octanol–water partition coefficient (Wildman–Crippen LogP) is 1.07. The molecule has 1 aromatic rings. The van der Waals surface area contributed by atoms with Gasteiger partial charge in [0, 0.05) is 17.8 Å². The normalized spacial score (nSPS) is 18.4. The van der Waals surface area contributed by atoms with E-state index in [1.165, 1.54) is 16.2 Å². The Kier molecular flexibility index (Phi) is 4.03. The number of ether oxygens (including phenoxy) is 1. The Morgan fingerprint density at radius 3 is 2.80 bits per heavy atom. The van der Waals surface area contributed by atoms with Gasteiger partial charge >= 0.3 is 11.9 Å². The van der Waals surface area contributed by atoms with Crippen LogP contribution in [0.2, 0.25) is 0 Å². The minimum absolute atomic E-state index is 0.0390. The number of anilines is 1. The van der Waals surface area contributed by atoms with E-state index >= 15 is 0 Å². The molecule has 108 valence electrons. The maximum atomic E-state index is 11.8. The summed E-state index contributed by atoms with van der Waals surface area (Å²) in [6.45, 7) is 3.74. The molecule has 0 aliphatic carbocycles. The lowest BCUT2D eigenvalue weighted by Gasteiger charge is -2.11. The van der Waals surface area contributed by atoms with Gasteiger partial charge in [-0.1, -0.05) is 0 Å². The molecular weight excluding hydrogens is 284 g/mol. The molecule has 1 unspecified atom stereocenters. The summed E-state index contributed by atoms with van der Waals surface area (Å²) in [5.74, 6) is -2.55. The van der Waals surface area contributed by atoms with Gasteiger partial charge in [-0.2, -0.15) is 0 Å². The minimum Gasteiger partial charge on any atom is -0.481 e. The average Bonchev–Trinajstić information content (AvgIpc) is 2.93. The van der Waals surface area contributed by atoms with Crippen molar-refractivity contribution < 1.29 is 24.2 Å². The fourth-order valence-electron chi connectivity index (χ4n) is 1.94. The highest BCUT2D eigenvalue weighted by Crippen LogP contribution is 2.31. The van der Waals surface area contributed by atoms with E-state index in [1.54, 1.807) is 13.8 Å². The summed E-state index contributed by atoms with van der Waals surface area (Å²) in [4.78, 5) is 40.5. The van der Waals surface area contributed by atoms with E-state index in [9.17, 15) is 14.4 Å². The number of aliphatic carboxylic acids is 1. The van der Waals surface area contributed by atoms with Gasteiger partial charge in [0.15, 0.2) is 10.8 Å². The van der Waals surface area contributed by atoms with Crippen LogP contribution < -0.4 is 4.90 Å². The number of hydrogen-bond acceptors (Lipinski definition) is 6. The first-order valence-electron chi connectivity index (χ1n) is 6.11. The molecule has 1 aliphatic heterocycles. The van der Waals surface area contributed by atoms with Crippen LogP contribution >= 0.6 is 11.3 Å². The first kappa shape index (κ1) is 14.4. The molecule has 1 amide bonds. The first-order chi connectivity index (χ1) is 9.43. The van der Waals surface area contributed by atoms with Crippen LogP contribution in [0.25, 0.3) is 0 Å². The predicted molar refractivity (Wildman–Crippen MR) is 70.9 cm³/mol. The molecular formula is C12H14N2O5S. The van der Waals surface area contributed by atoms with Gasteiger partial charge in [0.25, 0.3) is 0 Å². The molecule has 1 saturated heterocycles. The lowest BCUT2D eigenvalue weighted by atomic mass is 10.1. The van der Waals surface area contributed by atoms with Crippen LogP contribution in [0, 0.1) is 12.8 Å². The fraction of sp³-hybridized carbons (Fsp3) is 0.500. The highest BCUT2D eigenvalue weighted by Gasteiger charge is 2.37. The second-order valence-corrected chi connectivity index (χ2v) is 5.55. The standard InChI is InChI=1S/C12H14N2O5S/c1-3-19-11(18)9-6(2)20-12(13-9)14-5-7(10(16)17)4-8(14)15/h7H,3-5H2,1-2H3,(H,16,17). The van der Waals surface area contributed by atoms with Crippen LogP contribution in [0.1, 0.15) is 28.7 Å². The number of nitrogens with zero attached hydrogens (tertiary/aromatic N) is 2. The number of aromatic nitrogens is 1. The number of carboxylic acids is 1. The Bertz CT molecular complexity index is 568. The van der Waals surface area contributed by atoms with Gasteiger partial charge in [-0.05, 0) is 13.8 Å². The summed E-state index contributed by atoms with van der Waals surface area (Å²) in [6.07, 6.45) is -0.0390.